The predicted octanol–water partition coefficient (Wildman–Crippen LogP) is 6.44. The van der Waals surface area contributed by atoms with Crippen LogP contribution in [0.3, 0.4) is 0 Å². The lowest BCUT2D eigenvalue weighted by atomic mass is 9.95. The van der Waals surface area contributed by atoms with Crippen LogP contribution in [0.2, 0.25) is 5.02 Å². The number of hydrogen-bond acceptors (Lipinski definition) is 6. The van der Waals surface area contributed by atoms with Gasteiger partial charge in [0.1, 0.15) is 12.0 Å². The fourth-order valence-electron chi connectivity index (χ4n) is 5.04. The molecule has 0 saturated heterocycles. The van der Waals surface area contributed by atoms with E-state index in [-0.39, 0.29) is 28.2 Å². The van der Waals surface area contributed by atoms with Gasteiger partial charge in [-0.1, -0.05) is 37.1 Å². The first-order valence-electron chi connectivity index (χ1n) is 13.7. The highest BCUT2D eigenvalue weighted by atomic mass is 35.5. The first-order chi connectivity index (χ1) is 20.7. The first kappa shape index (κ1) is 29.7. The van der Waals surface area contributed by atoms with Crippen LogP contribution in [-0.2, 0) is 9.53 Å². The Balaban J connectivity index is 1.48. The van der Waals surface area contributed by atoms with E-state index in [2.05, 4.69) is 25.9 Å². The fourth-order valence-corrected chi connectivity index (χ4v) is 5.21. The Morgan fingerprint density at radius 1 is 1.14 bits per heavy atom. The van der Waals surface area contributed by atoms with E-state index in [1.54, 1.807) is 49.5 Å². The molecule has 43 heavy (non-hydrogen) atoms. The smallest absolute Gasteiger partial charge is 0.411 e. The zero-order valence-corrected chi connectivity index (χ0v) is 24.5. The minimum atomic E-state index is -0.629. The molecular formula is C31H30ClFN6O4. The monoisotopic (exact) mass is 604 g/mol. The van der Waals surface area contributed by atoms with E-state index in [1.807, 2.05) is 13.0 Å². The van der Waals surface area contributed by atoms with Gasteiger partial charge in [-0.15, -0.1) is 0 Å². The van der Waals surface area contributed by atoms with Crippen LogP contribution in [0, 0.1) is 18.7 Å². The molecule has 0 unspecified atom stereocenters. The van der Waals surface area contributed by atoms with Crippen LogP contribution in [0.25, 0.3) is 16.8 Å². The third-order valence-electron chi connectivity index (χ3n) is 7.45. The molecule has 0 radical (unpaired) electrons. The molecule has 1 aliphatic heterocycles. The van der Waals surface area contributed by atoms with Crippen molar-refractivity contribution >= 4 is 40.9 Å². The molecule has 4 aromatic rings. The summed E-state index contributed by atoms with van der Waals surface area (Å²) in [5.74, 6) is -1.53. The number of hydrogen-bond donors (Lipinski definition) is 3. The van der Waals surface area contributed by atoms with Gasteiger partial charge in [0.2, 0.25) is 5.91 Å². The lowest BCUT2D eigenvalue weighted by Gasteiger charge is -2.22. The van der Waals surface area contributed by atoms with Gasteiger partial charge < -0.3 is 15.4 Å². The number of fused-ring (bicyclic) bond motifs is 4. The van der Waals surface area contributed by atoms with E-state index >= 15 is 0 Å². The second-order valence-electron chi connectivity index (χ2n) is 10.3. The Kier molecular flexibility index (Phi) is 8.72. The van der Waals surface area contributed by atoms with Crippen molar-refractivity contribution in [1.82, 2.24) is 19.9 Å². The van der Waals surface area contributed by atoms with Crippen molar-refractivity contribution in [1.29, 1.82) is 0 Å². The molecular weight excluding hydrogens is 575 g/mol. The molecule has 3 amide bonds. The van der Waals surface area contributed by atoms with Crippen molar-refractivity contribution < 1.29 is 23.5 Å². The molecule has 2 aromatic carbocycles. The Morgan fingerprint density at radius 3 is 2.74 bits per heavy atom. The Bertz CT molecular complexity index is 1710. The van der Waals surface area contributed by atoms with Crippen molar-refractivity contribution in [2.24, 2.45) is 5.92 Å². The third-order valence-corrected chi connectivity index (χ3v) is 7.75. The van der Waals surface area contributed by atoms with Crippen molar-refractivity contribution in [2.75, 3.05) is 17.7 Å². The molecule has 2 atom stereocenters. The summed E-state index contributed by atoms with van der Waals surface area (Å²) in [6.07, 6.45) is 4.12. The fraction of sp³-hybridized carbons (Fsp3) is 0.258. The van der Waals surface area contributed by atoms with E-state index in [9.17, 15) is 18.8 Å². The quantitative estimate of drug-likeness (QED) is 0.246. The number of amides is 3. The molecule has 3 heterocycles. The zero-order valence-electron chi connectivity index (χ0n) is 23.8. The molecule has 3 N–H and O–H groups in total. The Hall–Kier alpha value is -4.77. The second-order valence-corrected chi connectivity index (χ2v) is 10.7. The highest BCUT2D eigenvalue weighted by molar-refractivity contribution is 6.30. The maximum Gasteiger partial charge on any atom is 0.411 e. The van der Waals surface area contributed by atoms with E-state index in [0.29, 0.717) is 47.6 Å². The summed E-state index contributed by atoms with van der Waals surface area (Å²) in [4.78, 5) is 47.2. The topological polar surface area (TPSA) is 127 Å². The van der Waals surface area contributed by atoms with E-state index in [0.717, 1.165) is 5.56 Å². The minimum absolute atomic E-state index is 0.0313. The molecule has 0 aliphatic carbocycles. The number of anilines is 2. The third kappa shape index (κ3) is 6.36. The Labute approximate surface area is 252 Å². The van der Waals surface area contributed by atoms with Crippen molar-refractivity contribution in [3.05, 3.63) is 89.0 Å². The number of methoxy groups -OCH3 is 1. The van der Waals surface area contributed by atoms with Crippen molar-refractivity contribution in [2.45, 2.75) is 39.2 Å². The second kappa shape index (κ2) is 12.6. The largest absolute Gasteiger partial charge is 0.453 e. The number of imidazole rings is 1. The number of carbonyl (C=O) groups is 3. The number of rotatable bonds is 4. The van der Waals surface area contributed by atoms with Crippen LogP contribution in [0.4, 0.5) is 20.6 Å². The molecule has 2 bridgehead atoms. The number of halogens is 2. The van der Waals surface area contributed by atoms with Gasteiger partial charge >= 0.3 is 6.09 Å². The normalized spacial score (nSPS) is 16.6. The van der Waals surface area contributed by atoms with Crippen molar-refractivity contribution in [3.8, 4) is 16.8 Å². The predicted molar refractivity (Wildman–Crippen MR) is 161 cm³/mol. The molecule has 2 aromatic heterocycles. The van der Waals surface area contributed by atoms with E-state index < -0.39 is 23.9 Å². The van der Waals surface area contributed by atoms with Crippen LogP contribution < -0.4 is 16.0 Å². The van der Waals surface area contributed by atoms with Gasteiger partial charge in [-0.05, 0) is 61.7 Å². The van der Waals surface area contributed by atoms with Gasteiger partial charge in [0.15, 0.2) is 5.82 Å². The van der Waals surface area contributed by atoms with Gasteiger partial charge in [-0.3, -0.25) is 24.5 Å². The molecule has 10 nitrogen and oxygen atoms in total. The average molecular weight is 605 g/mol. The van der Waals surface area contributed by atoms with Crippen LogP contribution in [-0.4, -0.2) is 39.6 Å². The summed E-state index contributed by atoms with van der Waals surface area (Å²) >= 11 is 5.96. The van der Waals surface area contributed by atoms with E-state index in [1.165, 1.54) is 24.1 Å². The summed E-state index contributed by atoms with van der Waals surface area (Å²) < 4.78 is 20.9. The van der Waals surface area contributed by atoms with Gasteiger partial charge in [0.05, 0.1) is 40.9 Å². The summed E-state index contributed by atoms with van der Waals surface area (Å²) in [7, 11) is 1.27. The maximum absolute atomic E-state index is 14.7. The van der Waals surface area contributed by atoms with Gasteiger partial charge in [-0.2, -0.15) is 0 Å². The molecule has 0 spiro atoms. The molecule has 0 saturated carbocycles. The molecule has 222 valence electrons. The summed E-state index contributed by atoms with van der Waals surface area (Å²) in [5.41, 5.74) is 3.85. The van der Waals surface area contributed by atoms with Crippen molar-refractivity contribution in [3.63, 3.8) is 0 Å². The van der Waals surface area contributed by atoms with Crippen LogP contribution in [0.5, 0.6) is 0 Å². The number of benzene rings is 2. The highest BCUT2D eigenvalue weighted by Gasteiger charge is 2.25. The van der Waals surface area contributed by atoms with Gasteiger partial charge in [0, 0.05) is 23.4 Å². The summed E-state index contributed by atoms with van der Waals surface area (Å²) in [6.45, 7) is 3.52. The van der Waals surface area contributed by atoms with E-state index in [4.69, 9.17) is 16.3 Å². The number of ether oxygens (including phenoxy) is 1. The zero-order chi connectivity index (χ0) is 30.7. The number of pyridine rings is 1. The number of carbonyl (C=O) groups excluding carboxylic acids is 3. The lowest BCUT2D eigenvalue weighted by molar-refractivity contribution is -0.119. The van der Waals surface area contributed by atoms with Gasteiger partial charge in [-0.25, -0.2) is 14.2 Å². The maximum atomic E-state index is 14.7. The first-order valence-corrected chi connectivity index (χ1v) is 14.1. The van der Waals surface area contributed by atoms with Gasteiger partial charge in [0.25, 0.3) is 5.91 Å². The lowest BCUT2D eigenvalue weighted by Crippen LogP contribution is -2.30. The van der Waals surface area contributed by atoms with Crippen LogP contribution in [0.1, 0.15) is 54.1 Å². The minimum Gasteiger partial charge on any atom is -0.453 e. The summed E-state index contributed by atoms with van der Waals surface area (Å²) in [5, 5.41) is 8.64. The molecule has 1 aliphatic rings. The molecule has 0 fully saturated rings. The standard InChI is InChI=1S/C31H30ClFN6O4/c1-17-6-4-8-23(37-30(41)28-18(2)39(16-35-28)26-9-5-7-22(32)27(26)33)25-14-19(12-13-34-25)21-11-10-20(36-31(42)43-3)15-24(21)38-29(17)40/h5,7,9-17,23H,4,6,8H2,1-3H3,(H,36,42)(H,37,41)(H,38,40)/t17-,23+/m1/s1. The Morgan fingerprint density at radius 2 is 1.95 bits per heavy atom. The highest BCUT2D eigenvalue weighted by Crippen LogP contribution is 2.34. The number of nitrogens with zero attached hydrogens (tertiary/aromatic N) is 3. The van der Waals surface area contributed by atoms with Crippen LogP contribution in [0.15, 0.2) is 61.1 Å². The molecule has 5 rings (SSSR count). The molecule has 12 heteroatoms. The number of nitrogens with one attached hydrogen (secondary N) is 3. The van der Waals surface area contributed by atoms with Crippen LogP contribution >= 0.6 is 11.6 Å². The number of aromatic nitrogens is 3. The SMILES string of the molecule is COC(=O)Nc1ccc2c(c1)NC(=O)[C@H](C)CCC[C@H](NC(=O)c1ncn(-c3cccc(Cl)c3F)c1C)c1cc-2ccn1. The summed E-state index contributed by atoms with van der Waals surface area (Å²) in [6, 6.07) is 13.0. The average Bonchev–Trinajstić information content (AvgIpc) is 3.38.